The minimum Gasteiger partial charge on any atom is -0.370 e. The molecule has 1 unspecified atom stereocenters. The van der Waals surface area contributed by atoms with Crippen molar-refractivity contribution in [2.75, 3.05) is 26.2 Å². The smallest absolute Gasteiger partial charge is 0.217 e. The van der Waals surface area contributed by atoms with Crippen LogP contribution < -0.4 is 11.1 Å². The normalized spacial score (nSPS) is 29.4. The number of carbonyl (C=O) groups is 1. The average molecular weight is 322 g/mol. The van der Waals surface area contributed by atoms with E-state index in [9.17, 15) is 4.79 Å². The predicted octanol–water partition coefficient (Wildman–Crippen LogP) is 2.37. The van der Waals surface area contributed by atoms with Crippen LogP contribution in [0.5, 0.6) is 0 Å². The van der Waals surface area contributed by atoms with Gasteiger partial charge in [0, 0.05) is 32.6 Å². The fourth-order valence-electron chi connectivity index (χ4n) is 3.86. The van der Waals surface area contributed by atoms with Crippen LogP contribution in [0.15, 0.2) is 4.99 Å². The number of amides is 1. The van der Waals surface area contributed by atoms with E-state index in [4.69, 9.17) is 10.7 Å². The van der Waals surface area contributed by atoms with Gasteiger partial charge in [-0.05, 0) is 50.4 Å². The summed E-state index contributed by atoms with van der Waals surface area (Å²) < 4.78 is 0. The van der Waals surface area contributed by atoms with Gasteiger partial charge in [-0.3, -0.25) is 9.79 Å². The highest BCUT2D eigenvalue weighted by Gasteiger charge is 2.24. The van der Waals surface area contributed by atoms with E-state index in [2.05, 4.69) is 24.1 Å². The number of aliphatic imine (C=N–C) groups is 1. The van der Waals surface area contributed by atoms with Crippen molar-refractivity contribution in [3.63, 3.8) is 0 Å². The molecule has 23 heavy (non-hydrogen) atoms. The van der Waals surface area contributed by atoms with E-state index in [1.807, 2.05) is 0 Å². The van der Waals surface area contributed by atoms with Crippen molar-refractivity contribution in [1.82, 2.24) is 10.2 Å². The molecule has 1 amide bonds. The number of piperidine rings is 1. The fourth-order valence-corrected chi connectivity index (χ4v) is 3.86. The second-order valence-corrected chi connectivity index (χ2v) is 7.45. The maximum absolute atomic E-state index is 11.2. The SMILES string of the molecule is CCNC(=NCC1CCC(C)CC1)N1CCCC(CC(N)=O)C1. The van der Waals surface area contributed by atoms with E-state index in [0.29, 0.717) is 12.3 Å². The Balaban J connectivity index is 1.90. The van der Waals surface area contributed by atoms with Gasteiger partial charge in [-0.2, -0.15) is 0 Å². The van der Waals surface area contributed by atoms with Gasteiger partial charge in [0.2, 0.25) is 5.91 Å². The van der Waals surface area contributed by atoms with Crippen LogP contribution in [0, 0.1) is 17.8 Å². The van der Waals surface area contributed by atoms with Gasteiger partial charge in [-0.25, -0.2) is 0 Å². The van der Waals surface area contributed by atoms with E-state index >= 15 is 0 Å². The molecule has 0 aromatic rings. The van der Waals surface area contributed by atoms with Crippen molar-refractivity contribution in [2.24, 2.45) is 28.5 Å². The topological polar surface area (TPSA) is 70.7 Å². The predicted molar refractivity (Wildman–Crippen MR) is 95.2 cm³/mol. The zero-order chi connectivity index (χ0) is 16.7. The van der Waals surface area contributed by atoms with Crippen LogP contribution in [0.3, 0.4) is 0 Å². The molecule has 132 valence electrons. The van der Waals surface area contributed by atoms with E-state index in [1.165, 1.54) is 25.7 Å². The minimum absolute atomic E-state index is 0.185. The Labute approximate surface area is 141 Å². The first-order valence-corrected chi connectivity index (χ1v) is 9.40. The fraction of sp³-hybridized carbons (Fsp3) is 0.889. The largest absolute Gasteiger partial charge is 0.370 e. The van der Waals surface area contributed by atoms with E-state index in [1.54, 1.807) is 0 Å². The molecule has 1 saturated heterocycles. The Morgan fingerprint density at radius 3 is 2.61 bits per heavy atom. The molecule has 0 spiro atoms. The Morgan fingerprint density at radius 2 is 1.96 bits per heavy atom. The first-order chi connectivity index (χ1) is 11.1. The number of nitrogens with one attached hydrogen (secondary N) is 1. The molecule has 0 bridgehead atoms. The summed E-state index contributed by atoms with van der Waals surface area (Å²) in [5.41, 5.74) is 5.37. The quantitative estimate of drug-likeness (QED) is 0.603. The third-order valence-corrected chi connectivity index (χ3v) is 5.28. The molecule has 2 rings (SSSR count). The Kier molecular flexibility index (Phi) is 7.18. The van der Waals surface area contributed by atoms with E-state index < -0.39 is 0 Å². The van der Waals surface area contributed by atoms with Crippen molar-refractivity contribution in [2.45, 2.75) is 58.8 Å². The van der Waals surface area contributed by atoms with Crippen molar-refractivity contribution < 1.29 is 4.79 Å². The van der Waals surface area contributed by atoms with Crippen molar-refractivity contribution >= 4 is 11.9 Å². The molecule has 0 radical (unpaired) electrons. The van der Waals surface area contributed by atoms with E-state index in [-0.39, 0.29) is 5.91 Å². The third kappa shape index (κ3) is 6.04. The summed E-state index contributed by atoms with van der Waals surface area (Å²) in [4.78, 5) is 18.4. The molecule has 1 atom stereocenters. The molecule has 5 nitrogen and oxygen atoms in total. The van der Waals surface area contributed by atoms with Gasteiger partial charge in [0.25, 0.3) is 0 Å². The van der Waals surface area contributed by atoms with Crippen LogP contribution in [0.1, 0.15) is 58.8 Å². The summed E-state index contributed by atoms with van der Waals surface area (Å²) in [6.07, 6.45) is 8.03. The van der Waals surface area contributed by atoms with Crippen LogP contribution >= 0.6 is 0 Å². The third-order valence-electron chi connectivity index (χ3n) is 5.28. The van der Waals surface area contributed by atoms with Gasteiger partial charge in [-0.1, -0.05) is 19.8 Å². The highest BCUT2D eigenvalue weighted by atomic mass is 16.1. The lowest BCUT2D eigenvalue weighted by molar-refractivity contribution is -0.119. The maximum Gasteiger partial charge on any atom is 0.217 e. The number of hydrogen-bond acceptors (Lipinski definition) is 2. The van der Waals surface area contributed by atoms with E-state index in [0.717, 1.165) is 56.8 Å². The average Bonchev–Trinajstić information content (AvgIpc) is 2.52. The lowest BCUT2D eigenvalue weighted by atomic mass is 9.83. The van der Waals surface area contributed by atoms with Crippen LogP contribution in [0.4, 0.5) is 0 Å². The highest BCUT2D eigenvalue weighted by Crippen LogP contribution is 2.28. The standard InChI is InChI=1S/C18H34N4O/c1-3-20-18(21-12-15-8-6-14(2)7-9-15)22-10-4-5-16(13-22)11-17(19)23/h14-16H,3-13H2,1-2H3,(H2,19,23)(H,20,21). The monoisotopic (exact) mass is 322 g/mol. The Bertz CT molecular complexity index is 402. The Hall–Kier alpha value is -1.26. The van der Waals surface area contributed by atoms with Gasteiger partial charge in [0.15, 0.2) is 5.96 Å². The lowest BCUT2D eigenvalue weighted by Gasteiger charge is -2.35. The van der Waals surface area contributed by atoms with Crippen LogP contribution in [0.2, 0.25) is 0 Å². The number of rotatable bonds is 5. The molecule has 0 aromatic heterocycles. The summed E-state index contributed by atoms with van der Waals surface area (Å²) in [6, 6.07) is 0. The molecule has 2 fully saturated rings. The molecule has 3 N–H and O–H groups in total. The van der Waals surface area contributed by atoms with Crippen LogP contribution in [0.25, 0.3) is 0 Å². The van der Waals surface area contributed by atoms with Gasteiger partial charge in [-0.15, -0.1) is 0 Å². The van der Waals surface area contributed by atoms with Crippen LogP contribution in [-0.2, 0) is 4.79 Å². The van der Waals surface area contributed by atoms with Crippen molar-refractivity contribution in [1.29, 1.82) is 0 Å². The number of carbonyl (C=O) groups excluding carboxylic acids is 1. The van der Waals surface area contributed by atoms with Gasteiger partial charge in [0.1, 0.15) is 0 Å². The molecule has 1 heterocycles. The van der Waals surface area contributed by atoms with Crippen molar-refractivity contribution in [3.05, 3.63) is 0 Å². The summed E-state index contributed by atoms with van der Waals surface area (Å²) in [7, 11) is 0. The molecule has 1 saturated carbocycles. The molecular formula is C18H34N4O. The second-order valence-electron chi connectivity index (χ2n) is 7.45. The minimum atomic E-state index is -0.185. The summed E-state index contributed by atoms with van der Waals surface area (Å²) in [6.45, 7) is 8.22. The molecule has 2 aliphatic rings. The number of guanidine groups is 1. The molecule has 5 heteroatoms. The summed E-state index contributed by atoms with van der Waals surface area (Å²) in [5, 5.41) is 3.43. The zero-order valence-electron chi connectivity index (χ0n) is 14.9. The molecule has 1 aliphatic carbocycles. The number of nitrogens with two attached hydrogens (primary N) is 1. The van der Waals surface area contributed by atoms with Crippen molar-refractivity contribution in [3.8, 4) is 0 Å². The van der Waals surface area contributed by atoms with Crippen LogP contribution in [-0.4, -0.2) is 42.9 Å². The number of hydrogen-bond donors (Lipinski definition) is 2. The maximum atomic E-state index is 11.2. The van der Waals surface area contributed by atoms with Gasteiger partial charge in [0.05, 0.1) is 0 Å². The summed E-state index contributed by atoms with van der Waals surface area (Å²) >= 11 is 0. The first kappa shape index (κ1) is 18.1. The zero-order valence-corrected chi connectivity index (χ0v) is 14.9. The van der Waals surface area contributed by atoms with Gasteiger partial charge >= 0.3 is 0 Å². The highest BCUT2D eigenvalue weighted by molar-refractivity contribution is 5.80. The number of nitrogens with zero attached hydrogens (tertiary/aromatic N) is 2. The van der Waals surface area contributed by atoms with Gasteiger partial charge < -0.3 is 16.0 Å². The molecule has 1 aliphatic heterocycles. The number of primary amides is 1. The first-order valence-electron chi connectivity index (χ1n) is 9.40. The number of likely N-dealkylation sites (tertiary alicyclic amines) is 1. The molecule has 0 aromatic carbocycles. The Morgan fingerprint density at radius 1 is 1.22 bits per heavy atom. The summed E-state index contributed by atoms with van der Waals surface area (Å²) in [5.74, 6) is 2.85. The molecular weight excluding hydrogens is 288 g/mol. The lowest BCUT2D eigenvalue weighted by Crippen LogP contribution is -2.47. The second kappa shape index (κ2) is 9.14.